The third-order valence-electron chi connectivity index (χ3n) is 4.39. The number of methoxy groups -OCH3 is 1. The minimum atomic E-state index is -4.90. The van der Waals surface area contributed by atoms with Gasteiger partial charge in [-0.25, -0.2) is 0 Å². The molecule has 0 radical (unpaired) electrons. The van der Waals surface area contributed by atoms with Crippen LogP contribution in [0.4, 0.5) is 24.5 Å². The molecule has 0 aliphatic carbocycles. The van der Waals surface area contributed by atoms with Gasteiger partial charge in [-0.2, -0.15) is 0 Å². The van der Waals surface area contributed by atoms with Gasteiger partial charge in [0.1, 0.15) is 11.4 Å². The zero-order valence-electron chi connectivity index (χ0n) is 16.5. The lowest BCUT2D eigenvalue weighted by molar-refractivity contribution is -0.384. The van der Waals surface area contributed by atoms with Crippen LogP contribution in [0.5, 0.6) is 5.75 Å². The molecule has 9 nitrogen and oxygen atoms in total. The Bertz CT molecular complexity index is 1080. The van der Waals surface area contributed by atoms with Crippen LogP contribution in [-0.2, 0) is 14.3 Å². The third kappa shape index (κ3) is 5.03. The number of non-ortho nitro benzene ring substituents is 1. The number of anilines is 1. The number of hydrogen-bond acceptors (Lipinski definition) is 7. The van der Waals surface area contributed by atoms with E-state index in [1.807, 2.05) is 0 Å². The molecule has 0 saturated heterocycles. The van der Waals surface area contributed by atoms with Crippen LogP contribution >= 0.6 is 0 Å². The van der Waals surface area contributed by atoms with E-state index in [-0.39, 0.29) is 41.4 Å². The molecule has 0 saturated carbocycles. The maximum Gasteiger partial charge on any atom is 0.573 e. The predicted molar refractivity (Wildman–Crippen MR) is 105 cm³/mol. The van der Waals surface area contributed by atoms with Crippen molar-refractivity contribution in [2.24, 2.45) is 0 Å². The lowest BCUT2D eigenvalue weighted by Crippen LogP contribution is -2.35. The third-order valence-corrected chi connectivity index (χ3v) is 4.39. The number of halogens is 3. The summed E-state index contributed by atoms with van der Waals surface area (Å²) in [5, 5.41) is 13.6. The highest BCUT2D eigenvalue weighted by Gasteiger charge is 2.39. The van der Waals surface area contributed by atoms with Crippen molar-refractivity contribution in [2.45, 2.75) is 6.36 Å². The fourth-order valence-electron chi connectivity index (χ4n) is 3.01. The van der Waals surface area contributed by atoms with E-state index in [0.717, 1.165) is 17.0 Å². The van der Waals surface area contributed by atoms with Crippen LogP contribution in [0.2, 0.25) is 0 Å². The summed E-state index contributed by atoms with van der Waals surface area (Å²) in [7, 11) is 1.39. The van der Waals surface area contributed by atoms with Gasteiger partial charge in [-0.05, 0) is 29.8 Å². The molecule has 0 aromatic heterocycles. The molecule has 2 aromatic carbocycles. The number of carbonyl (C=O) groups is 2. The number of benzene rings is 2. The Labute approximate surface area is 179 Å². The Kier molecular flexibility index (Phi) is 6.44. The zero-order valence-corrected chi connectivity index (χ0v) is 16.5. The van der Waals surface area contributed by atoms with E-state index in [2.05, 4.69) is 10.1 Å². The SMILES string of the molecule is COCCN1C(=O)C(Nc2cccc(OC(F)(F)F)c2)=C(c2ccc([N+](=O)[O-])cc2)C1=O. The summed E-state index contributed by atoms with van der Waals surface area (Å²) in [6, 6.07) is 9.73. The lowest BCUT2D eigenvalue weighted by Gasteiger charge is -2.15. The average molecular weight is 451 g/mol. The number of hydrogen-bond donors (Lipinski definition) is 1. The quantitative estimate of drug-likeness (QED) is 0.372. The van der Waals surface area contributed by atoms with E-state index in [0.29, 0.717) is 0 Å². The molecule has 3 rings (SSSR count). The summed E-state index contributed by atoms with van der Waals surface area (Å²) in [6.45, 7) is 0.000260. The summed E-state index contributed by atoms with van der Waals surface area (Å²) >= 11 is 0. The number of nitro groups is 1. The minimum Gasteiger partial charge on any atom is -0.406 e. The van der Waals surface area contributed by atoms with Gasteiger partial charge in [-0.3, -0.25) is 24.6 Å². The number of nitrogens with zero attached hydrogens (tertiary/aromatic N) is 2. The van der Waals surface area contributed by atoms with Crippen molar-refractivity contribution in [2.75, 3.05) is 25.6 Å². The highest BCUT2D eigenvalue weighted by atomic mass is 19.4. The average Bonchev–Trinajstić information content (AvgIpc) is 2.95. The first kappa shape index (κ1) is 22.7. The van der Waals surface area contributed by atoms with Crippen LogP contribution in [0, 0.1) is 10.1 Å². The molecule has 1 aliphatic heterocycles. The van der Waals surface area contributed by atoms with E-state index in [4.69, 9.17) is 4.74 Å². The van der Waals surface area contributed by atoms with Crippen molar-refractivity contribution >= 4 is 28.8 Å². The second kappa shape index (κ2) is 9.06. The molecule has 2 amide bonds. The maximum atomic E-state index is 12.9. The molecule has 0 fully saturated rings. The van der Waals surface area contributed by atoms with Gasteiger partial charge in [0.2, 0.25) is 0 Å². The van der Waals surface area contributed by atoms with Gasteiger partial charge in [-0.15, -0.1) is 13.2 Å². The molecule has 0 unspecified atom stereocenters. The molecule has 12 heteroatoms. The largest absolute Gasteiger partial charge is 0.573 e. The second-order valence-electron chi connectivity index (χ2n) is 6.51. The molecule has 0 bridgehead atoms. The monoisotopic (exact) mass is 451 g/mol. The molecule has 32 heavy (non-hydrogen) atoms. The van der Waals surface area contributed by atoms with E-state index in [1.54, 1.807) is 0 Å². The molecule has 1 aliphatic rings. The Morgan fingerprint density at radius 1 is 1.09 bits per heavy atom. The van der Waals surface area contributed by atoms with Gasteiger partial charge in [0.15, 0.2) is 0 Å². The molecular formula is C20H16F3N3O6. The minimum absolute atomic E-state index is 0.0624. The Hall–Kier alpha value is -3.93. The number of rotatable bonds is 8. The number of imide groups is 1. The smallest absolute Gasteiger partial charge is 0.406 e. The van der Waals surface area contributed by atoms with Crippen LogP contribution in [0.1, 0.15) is 5.56 Å². The molecule has 2 aromatic rings. The highest BCUT2D eigenvalue weighted by Crippen LogP contribution is 2.32. The summed E-state index contributed by atoms with van der Waals surface area (Å²) in [4.78, 5) is 37.1. The van der Waals surface area contributed by atoms with Gasteiger partial charge in [0, 0.05) is 31.0 Å². The summed E-state index contributed by atoms with van der Waals surface area (Å²) < 4.78 is 46.3. The van der Waals surface area contributed by atoms with Crippen molar-refractivity contribution < 1.29 is 37.2 Å². The van der Waals surface area contributed by atoms with Gasteiger partial charge in [0.25, 0.3) is 17.5 Å². The van der Waals surface area contributed by atoms with Crippen molar-refractivity contribution in [3.8, 4) is 5.75 Å². The van der Waals surface area contributed by atoms with E-state index >= 15 is 0 Å². The zero-order chi connectivity index (χ0) is 23.5. The molecule has 0 atom stereocenters. The van der Waals surface area contributed by atoms with E-state index < -0.39 is 28.8 Å². The first-order valence-corrected chi connectivity index (χ1v) is 9.08. The fraction of sp³-hybridized carbons (Fsp3) is 0.200. The number of carbonyl (C=O) groups excluding carboxylic acids is 2. The Balaban J connectivity index is 2.01. The van der Waals surface area contributed by atoms with Crippen molar-refractivity contribution in [1.29, 1.82) is 0 Å². The van der Waals surface area contributed by atoms with Crippen LogP contribution < -0.4 is 10.1 Å². The summed E-state index contributed by atoms with van der Waals surface area (Å²) in [5.74, 6) is -1.92. The standard InChI is InChI=1S/C20H16F3N3O6/c1-31-10-9-25-18(27)16(12-5-7-14(8-6-12)26(29)30)17(19(25)28)24-13-3-2-4-15(11-13)32-20(21,22)23/h2-8,11,24H,9-10H2,1H3. The molecule has 1 N–H and O–H groups in total. The molecular weight excluding hydrogens is 435 g/mol. The topological polar surface area (TPSA) is 111 Å². The van der Waals surface area contributed by atoms with E-state index in [9.17, 15) is 32.9 Å². The number of amides is 2. The lowest BCUT2D eigenvalue weighted by atomic mass is 10.0. The number of nitro benzene ring substituents is 1. The number of alkyl halides is 3. The van der Waals surface area contributed by atoms with E-state index in [1.165, 1.54) is 43.5 Å². The number of ether oxygens (including phenoxy) is 2. The van der Waals surface area contributed by atoms with Gasteiger partial charge >= 0.3 is 6.36 Å². The van der Waals surface area contributed by atoms with Crippen LogP contribution in [-0.4, -0.2) is 48.3 Å². The normalized spacial score (nSPS) is 14.2. The van der Waals surface area contributed by atoms with Crippen LogP contribution in [0.3, 0.4) is 0 Å². The Morgan fingerprint density at radius 3 is 2.38 bits per heavy atom. The highest BCUT2D eigenvalue weighted by molar-refractivity contribution is 6.36. The van der Waals surface area contributed by atoms with Gasteiger partial charge in [0.05, 0.1) is 23.6 Å². The Morgan fingerprint density at radius 2 is 1.78 bits per heavy atom. The molecule has 1 heterocycles. The summed E-state index contributed by atoms with van der Waals surface area (Å²) in [6.07, 6.45) is -4.90. The predicted octanol–water partition coefficient (Wildman–Crippen LogP) is 3.33. The van der Waals surface area contributed by atoms with Gasteiger partial charge in [-0.1, -0.05) is 6.07 Å². The van der Waals surface area contributed by atoms with Crippen molar-refractivity contribution in [3.63, 3.8) is 0 Å². The fourth-order valence-corrected chi connectivity index (χ4v) is 3.01. The molecule has 0 spiro atoms. The summed E-state index contributed by atoms with van der Waals surface area (Å²) in [5.41, 5.74) is -0.198. The second-order valence-corrected chi connectivity index (χ2v) is 6.51. The van der Waals surface area contributed by atoms with Crippen LogP contribution in [0.25, 0.3) is 5.57 Å². The molecule has 168 valence electrons. The maximum absolute atomic E-state index is 12.9. The van der Waals surface area contributed by atoms with Gasteiger partial charge < -0.3 is 14.8 Å². The first-order chi connectivity index (χ1) is 15.1. The first-order valence-electron chi connectivity index (χ1n) is 9.08. The van der Waals surface area contributed by atoms with Crippen LogP contribution in [0.15, 0.2) is 54.2 Å². The van der Waals surface area contributed by atoms with Crippen molar-refractivity contribution in [1.82, 2.24) is 4.90 Å². The number of nitrogens with one attached hydrogen (secondary N) is 1. The van der Waals surface area contributed by atoms with Crippen molar-refractivity contribution in [3.05, 3.63) is 69.9 Å².